The largest absolute Gasteiger partial charge is 0.389 e. The summed E-state index contributed by atoms with van der Waals surface area (Å²) in [5.41, 5.74) is 0. The number of aliphatic hydroxyl groups is 1. The van der Waals surface area contributed by atoms with Crippen molar-refractivity contribution in [2.24, 2.45) is 0 Å². The fraction of sp³-hybridized carbons (Fsp3) is 0.667. The minimum atomic E-state index is -0.595. The summed E-state index contributed by atoms with van der Waals surface area (Å²) in [5.74, 6) is 0.0810. The van der Waals surface area contributed by atoms with Crippen LogP contribution in [0, 0.1) is 0 Å². The number of ether oxygens (including phenoxy) is 2. The van der Waals surface area contributed by atoms with Crippen molar-refractivity contribution in [2.75, 3.05) is 53.0 Å². The fourth-order valence-corrected chi connectivity index (χ4v) is 2.95. The molecule has 0 saturated carbocycles. The molecule has 7 heteroatoms. The van der Waals surface area contributed by atoms with E-state index in [1.165, 1.54) is 0 Å². The molecule has 1 unspecified atom stereocenters. The molecule has 1 saturated heterocycles. The average molecular weight is 328 g/mol. The lowest BCUT2D eigenvalue weighted by molar-refractivity contribution is -0.136. The molecule has 0 aromatic carbocycles. The predicted octanol–water partition coefficient (Wildman–Crippen LogP) is 0.416. The smallest absolute Gasteiger partial charge is 0.236 e. The summed E-state index contributed by atoms with van der Waals surface area (Å²) < 4.78 is 10.7. The van der Waals surface area contributed by atoms with Crippen LogP contribution in [0.3, 0.4) is 0 Å². The molecule has 1 aliphatic heterocycles. The highest BCUT2D eigenvalue weighted by molar-refractivity contribution is 7.09. The number of carbonyl (C=O) groups is 1. The van der Waals surface area contributed by atoms with Gasteiger partial charge in [0.15, 0.2) is 0 Å². The van der Waals surface area contributed by atoms with Crippen LogP contribution in [0.1, 0.15) is 4.88 Å². The highest BCUT2D eigenvalue weighted by Gasteiger charge is 2.19. The minimum absolute atomic E-state index is 0.0810. The van der Waals surface area contributed by atoms with Gasteiger partial charge in [-0.15, -0.1) is 11.3 Å². The predicted molar refractivity (Wildman–Crippen MR) is 84.9 cm³/mol. The molecule has 2 rings (SSSR count). The summed E-state index contributed by atoms with van der Waals surface area (Å²) in [7, 11) is 1.83. The van der Waals surface area contributed by atoms with E-state index in [1.807, 2.05) is 29.5 Å². The molecular formula is C15H24N2O4S. The molecule has 6 nitrogen and oxygen atoms in total. The third-order valence-corrected chi connectivity index (χ3v) is 4.28. The van der Waals surface area contributed by atoms with E-state index in [1.54, 1.807) is 16.2 Å². The molecule has 1 aliphatic rings. The van der Waals surface area contributed by atoms with E-state index in [0.29, 0.717) is 46.0 Å². The van der Waals surface area contributed by atoms with Crippen LogP contribution in [0.25, 0.3) is 0 Å². The van der Waals surface area contributed by atoms with Crippen molar-refractivity contribution in [1.29, 1.82) is 0 Å². The Labute approximate surface area is 135 Å². The lowest BCUT2D eigenvalue weighted by Gasteiger charge is -2.29. The normalized spacial score (nSPS) is 17.0. The van der Waals surface area contributed by atoms with Crippen molar-refractivity contribution >= 4 is 17.2 Å². The van der Waals surface area contributed by atoms with Crippen molar-refractivity contribution in [2.45, 2.75) is 12.7 Å². The van der Waals surface area contributed by atoms with Crippen LogP contribution in [0.15, 0.2) is 17.5 Å². The molecular weight excluding hydrogens is 304 g/mol. The molecule has 0 aliphatic carbocycles. The Balaban J connectivity index is 1.60. The summed E-state index contributed by atoms with van der Waals surface area (Å²) in [4.78, 5) is 16.9. The number of hydrogen-bond donors (Lipinski definition) is 1. The Morgan fingerprint density at radius 3 is 3.00 bits per heavy atom. The van der Waals surface area contributed by atoms with Crippen LogP contribution in [0.5, 0.6) is 0 Å². The fourth-order valence-electron chi connectivity index (χ4n) is 2.31. The number of aliphatic hydroxyl groups excluding tert-OH is 1. The molecule has 0 spiro atoms. The van der Waals surface area contributed by atoms with Crippen molar-refractivity contribution in [3.63, 3.8) is 0 Å². The molecule has 1 aromatic heterocycles. The van der Waals surface area contributed by atoms with Crippen LogP contribution in [0.4, 0.5) is 0 Å². The van der Waals surface area contributed by atoms with E-state index in [0.717, 1.165) is 4.88 Å². The van der Waals surface area contributed by atoms with E-state index in [-0.39, 0.29) is 12.5 Å². The number of likely N-dealkylation sites (N-methyl/N-ethyl adjacent to an activating group) is 1. The number of thiophene rings is 1. The molecule has 2 heterocycles. The zero-order valence-corrected chi connectivity index (χ0v) is 13.8. The SMILES string of the molecule is CN(CC(=O)N1CCOCC1)CC(O)COCc1cccs1. The zero-order chi connectivity index (χ0) is 15.8. The number of rotatable bonds is 8. The van der Waals surface area contributed by atoms with Gasteiger partial charge in [0.2, 0.25) is 5.91 Å². The number of morpholine rings is 1. The van der Waals surface area contributed by atoms with E-state index < -0.39 is 6.10 Å². The molecule has 0 radical (unpaired) electrons. The second-order valence-electron chi connectivity index (χ2n) is 5.44. The summed E-state index contributed by atoms with van der Waals surface area (Å²) in [5, 5.41) is 12.0. The molecule has 22 heavy (non-hydrogen) atoms. The first-order valence-corrected chi connectivity index (χ1v) is 8.35. The van der Waals surface area contributed by atoms with Gasteiger partial charge in [-0.1, -0.05) is 6.07 Å². The van der Waals surface area contributed by atoms with E-state index in [2.05, 4.69) is 0 Å². The van der Waals surface area contributed by atoms with E-state index >= 15 is 0 Å². The lowest BCUT2D eigenvalue weighted by Crippen LogP contribution is -2.46. The minimum Gasteiger partial charge on any atom is -0.389 e. The van der Waals surface area contributed by atoms with Crippen LogP contribution in [-0.4, -0.2) is 80.0 Å². The molecule has 1 fully saturated rings. The van der Waals surface area contributed by atoms with Gasteiger partial charge in [-0.05, 0) is 18.5 Å². The topological polar surface area (TPSA) is 62.2 Å². The molecule has 1 amide bonds. The summed E-state index contributed by atoms with van der Waals surface area (Å²) in [6, 6.07) is 3.98. The first-order chi connectivity index (χ1) is 10.6. The van der Waals surface area contributed by atoms with Gasteiger partial charge in [0, 0.05) is 24.5 Å². The van der Waals surface area contributed by atoms with Crippen molar-refractivity contribution in [3.8, 4) is 0 Å². The first-order valence-electron chi connectivity index (χ1n) is 7.47. The van der Waals surface area contributed by atoms with Crippen LogP contribution in [-0.2, 0) is 20.9 Å². The average Bonchev–Trinajstić information content (AvgIpc) is 3.01. The monoisotopic (exact) mass is 328 g/mol. The maximum absolute atomic E-state index is 12.1. The molecule has 1 N–H and O–H groups in total. The molecule has 1 aromatic rings. The van der Waals surface area contributed by atoms with E-state index in [4.69, 9.17) is 9.47 Å². The Bertz CT molecular complexity index is 435. The van der Waals surface area contributed by atoms with Gasteiger partial charge in [-0.2, -0.15) is 0 Å². The molecule has 124 valence electrons. The van der Waals surface area contributed by atoms with E-state index in [9.17, 15) is 9.90 Å². The Kier molecular flexibility index (Phi) is 7.28. The Morgan fingerprint density at radius 2 is 2.32 bits per heavy atom. The van der Waals surface area contributed by atoms with Crippen LogP contribution >= 0.6 is 11.3 Å². The maximum Gasteiger partial charge on any atom is 0.236 e. The molecule has 1 atom stereocenters. The number of carbonyl (C=O) groups excluding carboxylic acids is 1. The first kappa shape index (κ1) is 17.4. The summed E-state index contributed by atoms with van der Waals surface area (Å²) >= 11 is 1.64. The Hall–Kier alpha value is -0.990. The highest BCUT2D eigenvalue weighted by atomic mass is 32.1. The highest BCUT2D eigenvalue weighted by Crippen LogP contribution is 2.09. The van der Waals surface area contributed by atoms with Gasteiger partial charge in [-0.3, -0.25) is 9.69 Å². The number of amides is 1. The molecule has 0 bridgehead atoms. The number of nitrogens with zero attached hydrogens (tertiary/aromatic N) is 2. The van der Waals surface area contributed by atoms with Gasteiger partial charge in [-0.25, -0.2) is 0 Å². The van der Waals surface area contributed by atoms with Crippen molar-refractivity contribution < 1.29 is 19.4 Å². The second kappa shape index (κ2) is 9.22. The summed E-state index contributed by atoms with van der Waals surface area (Å²) in [6.45, 7) is 4.03. The quantitative estimate of drug-likeness (QED) is 0.749. The van der Waals surface area contributed by atoms with Gasteiger partial charge in [0.25, 0.3) is 0 Å². The Morgan fingerprint density at radius 1 is 1.55 bits per heavy atom. The van der Waals surface area contributed by atoms with Crippen molar-refractivity contribution in [3.05, 3.63) is 22.4 Å². The number of hydrogen-bond acceptors (Lipinski definition) is 6. The standard InChI is InChI=1S/C15H24N2O4S/c1-16(10-15(19)17-4-6-20-7-5-17)9-13(18)11-21-12-14-3-2-8-22-14/h2-3,8,13,18H,4-7,9-12H2,1H3. The van der Waals surface area contributed by atoms with Gasteiger partial charge >= 0.3 is 0 Å². The summed E-state index contributed by atoms with van der Waals surface area (Å²) in [6.07, 6.45) is -0.595. The maximum atomic E-state index is 12.1. The second-order valence-corrected chi connectivity index (χ2v) is 6.47. The zero-order valence-electron chi connectivity index (χ0n) is 12.9. The third kappa shape index (κ3) is 6.02. The van der Waals surface area contributed by atoms with Gasteiger partial charge < -0.3 is 19.5 Å². The van der Waals surface area contributed by atoms with Gasteiger partial charge in [0.05, 0.1) is 39.1 Å². The van der Waals surface area contributed by atoms with Gasteiger partial charge in [0.1, 0.15) is 0 Å². The lowest BCUT2D eigenvalue weighted by atomic mass is 10.3. The van der Waals surface area contributed by atoms with Crippen LogP contribution < -0.4 is 0 Å². The van der Waals surface area contributed by atoms with Crippen molar-refractivity contribution in [1.82, 2.24) is 9.80 Å². The third-order valence-electron chi connectivity index (χ3n) is 3.43. The van der Waals surface area contributed by atoms with Crippen LogP contribution in [0.2, 0.25) is 0 Å².